The average molecular weight is 226 g/mol. The molecule has 0 saturated heterocycles. The summed E-state index contributed by atoms with van der Waals surface area (Å²) in [6.45, 7) is 0. The van der Waals surface area contributed by atoms with E-state index >= 15 is 0 Å². The van der Waals surface area contributed by atoms with Crippen molar-refractivity contribution >= 4 is 10.0 Å². The Labute approximate surface area is 88.3 Å². The van der Waals surface area contributed by atoms with Crippen molar-refractivity contribution in [3.05, 3.63) is 29.8 Å². The Balaban J connectivity index is 2.95. The van der Waals surface area contributed by atoms with E-state index in [4.69, 9.17) is 5.26 Å². The lowest BCUT2D eigenvalue weighted by Crippen LogP contribution is -2.22. The SMILES string of the molecule is CONS(=O)(=O)c1ccc(CC#N)cc1. The van der Waals surface area contributed by atoms with E-state index < -0.39 is 10.0 Å². The van der Waals surface area contributed by atoms with Gasteiger partial charge in [0.25, 0.3) is 10.0 Å². The van der Waals surface area contributed by atoms with Gasteiger partial charge in [-0.05, 0) is 17.7 Å². The fraction of sp³-hybridized carbons (Fsp3) is 0.222. The van der Waals surface area contributed by atoms with Gasteiger partial charge in [-0.25, -0.2) is 8.42 Å². The number of nitrogens with zero attached hydrogens (tertiary/aromatic N) is 1. The third-order valence-corrected chi connectivity index (χ3v) is 2.99. The fourth-order valence-corrected chi connectivity index (χ4v) is 1.85. The maximum Gasteiger partial charge on any atom is 0.262 e. The highest BCUT2D eigenvalue weighted by molar-refractivity contribution is 7.89. The monoisotopic (exact) mass is 226 g/mol. The highest BCUT2D eigenvalue weighted by Crippen LogP contribution is 2.10. The maximum atomic E-state index is 11.4. The molecule has 0 amide bonds. The van der Waals surface area contributed by atoms with Gasteiger partial charge in [-0.3, -0.25) is 4.84 Å². The van der Waals surface area contributed by atoms with Gasteiger partial charge in [0.1, 0.15) is 0 Å². The van der Waals surface area contributed by atoms with Crippen molar-refractivity contribution in [2.75, 3.05) is 7.11 Å². The van der Waals surface area contributed by atoms with Gasteiger partial charge in [-0.2, -0.15) is 5.26 Å². The molecule has 1 aromatic carbocycles. The highest BCUT2D eigenvalue weighted by atomic mass is 32.2. The zero-order chi connectivity index (χ0) is 11.3. The van der Waals surface area contributed by atoms with Crippen LogP contribution in [0.2, 0.25) is 0 Å². The van der Waals surface area contributed by atoms with E-state index in [1.54, 1.807) is 12.1 Å². The molecule has 1 aromatic rings. The molecule has 0 spiro atoms. The first-order chi connectivity index (χ1) is 7.10. The average Bonchev–Trinajstić information content (AvgIpc) is 2.19. The Kier molecular flexibility index (Phi) is 3.80. The van der Waals surface area contributed by atoms with Gasteiger partial charge in [-0.1, -0.05) is 17.0 Å². The van der Waals surface area contributed by atoms with Crippen molar-refractivity contribution in [3.8, 4) is 6.07 Å². The summed E-state index contributed by atoms with van der Waals surface area (Å²) < 4.78 is 22.8. The fourth-order valence-electron chi connectivity index (χ4n) is 1.04. The first kappa shape index (κ1) is 11.7. The summed E-state index contributed by atoms with van der Waals surface area (Å²) >= 11 is 0. The zero-order valence-electron chi connectivity index (χ0n) is 8.10. The minimum Gasteiger partial charge on any atom is -0.290 e. The number of benzene rings is 1. The van der Waals surface area contributed by atoms with Crippen LogP contribution in [0.5, 0.6) is 0 Å². The topological polar surface area (TPSA) is 79.2 Å². The number of hydrogen-bond acceptors (Lipinski definition) is 4. The van der Waals surface area contributed by atoms with Gasteiger partial charge in [0.15, 0.2) is 0 Å². The predicted molar refractivity (Wildman–Crippen MR) is 53.1 cm³/mol. The summed E-state index contributed by atoms with van der Waals surface area (Å²) in [5, 5.41) is 8.43. The van der Waals surface area contributed by atoms with Crippen LogP contribution in [0.4, 0.5) is 0 Å². The van der Waals surface area contributed by atoms with Crippen molar-refractivity contribution in [1.82, 2.24) is 4.89 Å². The maximum absolute atomic E-state index is 11.4. The van der Waals surface area contributed by atoms with Crippen molar-refractivity contribution in [2.24, 2.45) is 0 Å². The molecule has 80 valence electrons. The first-order valence-corrected chi connectivity index (χ1v) is 5.59. The minimum absolute atomic E-state index is 0.103. The molecule has 0 bridgehead atoms. The molecule has 0 aliphatic rings. The van der Waals surface area contributed by atoms with Crippen LogP contribution in [0.15, 0.2) is 29.2 Å². The number of sulfonamides is 1. The Morgan fingerprint density at radius 1 is 1.40 bits per heavy atom. The molecule has 0 aliphatic heterocycles. The molecular formula is C9H10N2O3S. The Morgan fingerprint density at radius 2 is 2.00 bits per heavy atom. The second-order valence-electron chi connectivity index (χ2n) is 2.77. The molecule has 1 rings (SSSR count). The quantitative estimate of drug-likeness (QED) is 0.762. The molecule has 0 aliphatic carbocycles. The molecule has 1 N–H and O–H groups in total. The van der Waals surface area contributed by atoms with Crippen LogP contribution in [0.25, 0.3) is 0 Å². The second-order valence-corrected chi connectivity index (χ2v) is 4.41. The van der Waals surface area contributed by atoms with Crippen LogP contribution >= 0.6 is 0 Å². The van der Waals surface area contributed by atoms with Crippen LogP contribution in [-0.2, 0) is 21.3 Å². The third kappa shape index (κ3) is 3.02. The van der Waals surface area contributed by atoms with Gasteiger partial charge < -0.3 is 0 Å². The Bertz CT molecular complexity index is 459. The van der Waals surface area contributed by atoms with Crippen LogP contribution in [-0.4, -0.2) is 15.5 Å². The number of nitrogens with one attached hydrogen (secondary N) is 1. The zero-order valence-corrected chi connectivity index (χ0v) is 8.91. The first-order valence-electron chi connectivity index (χ1n) is 4.11. The number of rotatable bonds is 4. The van der Waals surface area contributed by atoms with Gasteiger partial charge in [0.05, 0.1) is 24.5 Å². The molecule has 0 heterocycles. The molecule has 15 heavy (non-hydrogen) atoms. The van der Waals surface area contributed by atoms with Crippen LogP contribution in [0, 0.1) is 11.3 Å². The second kappa shape index (κ2) is 4.89. The van der Waals surface area contributed by atoms with Crippen LogP contribution in [0.1, 0.15) is 5.56 Å². The molecule has 5 nitrogen and oxygen atoms in total. The predicted octanol–water partition coefficient (Wildman–Crippen LogP) is 0.592. The minimum atomic E-state index is -3.60. The van der Waals surface area contributed by atoms with Crippen LogP contribution in [0.3, 0.4) is 0 Å². The van der Waals surface area contributed by atoms with Crippen molar-refractivity contribution in [3.63, 3.8) is 0 Å². The summed E-state index contributed by atoms with van der Waals surface area (Å²) in [6, 6.07) is 8.01. The Hall–Kier alpha value is -1.42. The number of nitriles is 1. The van der Waals surface area contributed by atoms with E-state index in [-0.39, 0.29) is 11.3 Å². The lowest BCUT2D eigenvalue weighted by atomic mass is 10.2. The van der Waals surface area contributed by atoms with Crippen molar-refractivity contribution in [1.29, 1.82) is 5.26 Å². The van der Waals surface area contributed by atoms with Gasteiger partial charge in [-0.15, -0.1) is 0 Å². The van der Waals surface area contributed by atoms with E-state index in [1.165, 1.54) is 19.2 Å². The highest BCUT2D eigenvalue weighted by Gasteiger charge is 2.12. The van der Waals surface area contributed by atoms with Gasteiger partial charge >= 0.3 is 0 Å². The van der Waals surface area contributed by atoms with Crippen LogP contribution < -0.4 is 4.89 Å². The normalized spacial score (nSPS) is 10.9. The number of hydrogen-bond donors (Lipinski definition) is 1. The summed E-state index contributed by atoms with van der Waals surface area (Å²) in [5.74, 6) is 0. The molecule has 0 fully saturated rings. The van der Waals surface area contributed by atoms with E-state index in [2.05, 4.69) is 4.84 Å². The molecule has 0 unspecified atom stereocenters. The van der Waals surface area contributed by atoms with E-state index in [0.717, 1.165) is 5.56 Å². The summed E-state index contributed by atoms with van der Waals surface area (Å²) in [6.07, 6.45) is 0.262. The van der Waals surface area contributed by atoms with Gasteiger partial charge in [0.2, 0.25) is 0 Å². The smallest absolute Gasteiger partial charge is 0.262 e. The summed E-state index contributed by atoms with van der Waals surface area (Å²) in [5.41, 5.74) is 0.772. The molecule has 0 saturated carbocycles. The van der Waals surface area contributed by atoms with Gasteiger partial charge in [0, 0.05) is 0 Å². The lowest BCUT2D eigenvalue weighted by molar-refractivity contribution is 0.153. The summed E-state index contributed by atoms with van der Waals surface area (Å²) in [4.78, 5) is 6.35. The molecule has 0 atom stereocenters. The van der Waals surface area contributed by atoms with Crippen molar-refractivity contribution < 1.29 is 13.3 Å². The summed E-state index contributed by atoms with van der Waals surface area (Å²) in [7, 11) is -2.37. The lowest BCUT2D eigenvalue weighted by Gasteiger charge is -2.04. The van der Waals surface area contributed by atoms with E-state index in [9.17, 15) is 8.42 Å². The largest absolute Gasteiger partial charge is 0.290 e. The molecular weight excluding hydrogens is 216 g/mol. The van der Waals surface area contributed by atoms with E-state index in [0.29, 0.717) is 0 Å². The third-order valence-electron chi connectivity index (χ3n) is 1.71. The molecule has 0 radical (unpaired) electrons. The van der Waals surface area contributed by atoms with Crippen molar-refractivity contribution in [2.45, 2.75) is 11.3 Å². The molecule has 6 heteroatoms. The standard InChI is InChI=1S/C9H10N2O3S/c1-14-11-15(12,13)9-4-2-8(3-5-9)6-7-10/h2-5,11H,6H2,1H3. The molecule has 0 aromatic heterocycles. The van der Waals surface area contributed by atoms with E-state index in [1.807, 2.05) is 11.0 Å². The Morgan fingerprint density at radius 3 is 2.47 bits per heavy atom.